The Morgan fingerprint density at radius 3 is 3.09 bits per heavy atom. The van der Waals surface area contributed by atoms with E-state index in [0.717, 1.165) is 11.9 Å². The molecule has 0 saturated heterocycles. The van der Waals surface area contributed by atoms with E-state index in [0.29, 0.717) is 0 Å². The van der Waals surface area contributed by atoms with Crippen LogP contribution in [0.1, 0.15) is 0 Å². The van der Waals surface area contributed by atoms with Crippen LogP contribution in [-0.4, -0.2) is 12.5 Å². The fraction of sp³-hybridized carbons (Fsp3) is 0.111. The summed E-state index contributed by atoms with van der Waals surface area (Å²) >= 11 is 0. The summed E-state index contributed by atoms with van der Waals surface area (Å²) in [5, 5.41) is 0. The highest BCUT2D eigenvalue weighted by atomic mass is 16.1. The summed E-state index contributed by atoms with van der Waals surface area (Å²) in [6, 6.07) is 0. The van der Waals surface area contributed by atoms with Crippen LogP contribution >= 0.6 is 0 Å². The fourth-order valence-electron chi connectivity index (χ4n) is 1.27. The maximum Gasteiger partial charge on any atom is 0.139 e. The number of aldehydes is 1. The SMILES string of the molecule is O=CC12C=CC=CC1=CN=C2. The molecular weight excluding hydrogens is 138 g/mol. The monoisotopic (exact) mass is 145 g/mol. The van der Waals surface area contributed by atoms with Crippen molar-refractivity contribution in [3.8, 4) is 0 Å². The Hall–Kier alpha value is -1.44. The highest BCUT2D eigenvalue weighted by Crippen LogP contribution is 2.32. The van der Waals surface area contributed by atoms with Crippen molar-refractivity contribution in [1.82, 2.24) is 0 Å². The first-order valence-electron chi connectivity index (χ1n) is 3.45. The summed E-state index contributed by atoms with van der Waals surface area (Å²) in [6.45, 7) is 0. The standard InChI is InChI=1S/C9H7NO/c11-7-9-4-2-1-3-8(9)5-10-6-9/h1-7H. The first kappa shape index (κ1) is 6.28. The molecule has 0 aromatic carbocycles. The van der Waals surface area contributed by atoms with Crippen molar-refractivity contribution in [1.29, 1.82) is 0 Å². The van der Waals surface area contributed by atoms with Gasteiger partial charge in [0.15, 0.2) is 0 Å². The molecule has 0 bridgehead atoms. The van der Waals surface area contributed by atoms with E-state index in [1.165, 1.54) is 0 Å². The minimum absolute atomic E-state index is 0.547. The quantitative estimate of drug-likeness (QED) is 0.511. The predicted molar refractivity (Wildman–Crippen MR) is 43.4 cm³/mol. The molecule has 0 aromatic rings. The van der Waals surface area contributed by atoms with Crippen LogP contribution in [0.3, 0.4) is 0 Å². The molecule has 0 saturated carbocycles. The van der Waals surface area contributed by atoms with Gasteiger partial charge in [-0.1, -0.05) is 24.3 Å². The zero-order valence-electron chi connectivity index (χ0n) is 5.90. The van der Waals surface area contributed by atoms with Gasteiger partial charge < -0.3 is 4.79 Å². The fourth-order valence-corrected chi connectivity index (χ4v) is 1.27. The molecule has 2 aliphatic rings. The van der Waals surface area contributed by atoms with Crippen LogP contribution in [0, 0.1) is 5.41 Å². The predicted octanol–water partition coefficient (Wildman–Crippen LogP) is 1.27. The molecule has 2 heteroatoms. The maximum absolute atomic E-state index is 10.7. The Kier molecular flexibility index (Phi) is 1.15. The van der Waals surface area contributed by atoms with Gasteiger partial charge in [0.1, 0.15) is 11.7 Å². The summed E-state index contributed by atoms with van der Waals surface area (Å²) < 4.78 is 0. The van der Waals surface area contributed by atoms with Gasteiger partial charge in [0.25, 0.3) is 0 Å². The van der Waals surface area contributed by atoms with Crippen LogP contribution in [0.2, 0.25) is 0 Å². The Morgan fingerprint density at radius 1 is 1.45 bits per heavy atom. The minimum Gasteiger partial charge on any atom is -0.302 e. The number of fused-ring (bicyclic) bond motifs is 1. The number of aliphatic imine (C=N–C) groups is 1. The van der Waals surface area contributed by atoms with Gasteiger partial charge >= 0.3 is 0 Å². The molecule has 2 nitrogen and oxygen atoms in total. The van der Waals surface area contributed by atoms with E-state index in [9.17, 15) is 4.79 Å². The molecule has 1 aliphatic heterocycles. The number of carbonyl (C=O) groups is 1. The number of rotatable bonds is 1. The molecular formula is C9H7NO. The summed E-state index contributed by atoms with van der Waals surface area (Å²) in [6.07, 6.45) is 11.8. The van der Waals surface area contributed by atoms with Gasteiger partial charge in [0, 0.05) is 12.4 Å². The molecule has 0 radical (unpaired) electrons. The van der Waals surface area contributed by atoms with Gasteiger partial charge in [0.05, 0.1) is 0 Å². The molecule has 1 aliphatic carbocycles. The third-order valence-electron chi connectivity index (χ3n) is 1.96. The van der Waals surface area contributed by atoms with Gasteiger partial charge in [0.2, 0.25) is 0 Å². The lowest BCUT2D eigenvalue weighted by molar-refractivity contribution is -0.110. The van der Waals surface area contributed by atoms with E-state index < -0.39 is 5.41 Å². The van der Waals surface area contributed by atoms with Gasteiger partial charge in [-0.05, 0) is 5.57 Å². The third kappa shape index (κ3) is 0.724. The number of hydrogen-bond donors (Lipinski definition) is 0. The van der Waals surface area contributed by atoms with Crippen LogP contribution < -0.4 is 0 Å². The van der Waals surface area contributed by atoms with Gasteiger partial charge in [-0.25, -0.2) is 0 Å². The molecule has 0 fully saturated rings. The van der Waals surface area contributed by atoms with Gasteiger partial charge in [-0.15, -0.1) is 0 Å². The minimum atomic E-state index is -0.547. The Balaban J connectivity index is 2.54. The number of hydrogen-bond acceptors (Lipinski definition) is 2. The normalized spacial score (nSPS) is 31.8. The van der Waals surface area contributed by atoms with Crippen LogP contribution in [-0.2, 0) is 4.79 Å². The highest BCUT2D eigenvalue weighted by molar-refractivity contribution is 5.97. The van der Waals surface area contributed by atoms with E-state index >= 15 is 0 Å². The highest BCUT2D eigenvalue weighted by Gasteiger charge is 2.31. The second-order valence-corrected chi connectivity index (χ2v) is 2.63. The third-order valence-corrected chi connectivity index (χ3v) is 1.96. The molecule has 0 amide bonds. The number of nitrogens with zero attached hydrogens (tertiary/aromatic N) is 1. The lowest BCUT2D eigenvalue weighted by Gasteiger charge is -2.18. The maximum atomic E-state index is 10.7. The summed E-state index contributed by atoms with van der Waals surface area (Å²) in [4.78, 5) is 14.7. The number of carbonyl (C=O) groups excluding carboxylic acids is 1. The van der Waals surface area contributed by atoms with Crippen LogP contribution in [0.5, 0.6) is 0 Å². The molecule has 1 atom stereocenters. The van der Waals surface area contributed by atoms with Crippen molar-refractivity contribution in [2.24, 2.45) is 10.4 Å². The largest absolute Gasteiger partial charge is 0.302 e. The summed E-state index contributed by atoms with van der Waals surface area (Å²) in [5.41, 5.74) is 0.407. The smallest absolute Gasteiger partial charge is 0.139 e. The first-order valence-corrected chi connectivity index (χ1v) is 3.45. The molecule has 11 heavy (non-hydrogen) atoms. The molecule has 54 valence electrons. The summed E-state index contributed by atoms with van der Waals surface area (Å²) in [7, 11) is 0. The molecule has 2 rings (SSSR count). The number of allylic oxidation sites excluding steroid dienone is 5. The van der Waals surface area contributed by atoms with Crippen LogP contribution in [0.25, 0.3) is 0 Å². The molecule has 0 aromatic heterocycles. The molecule has 1 heterocycles. The van der Waals surface area contributed by atoms with Crippen molar-refractivity contribution in [3.63, 3.8) is 0 Å². The Bertz CT molecular complexity index is 310. The van der Waals surface area contributed by atoms with Crippen molar-refractivity contribution in [2.45, 2.75) is 0 Å². The average molecular weight is 145 g/mol. The van der Waals surface area contributed by atoms with Crippen molar-refractivity contribution >= 4 is 12.5 Å². The Labute approximate surface area is 64.6 Å². The van der Waals surface area contributed by atoms with Crippen LogP contribution in [0.4, 0.5) is 0 Å². The second-order valence-electron chi connectivity index (χ2n) is 2.63. The first-order chi connectivity index (χ1) is 5.37. The van der Waals surface area contributed by atoms with Crippen molar-refractivity contribution in [2.75, 3.05) is 0 Å². The van der Waals surface area contributed by atoms with Gasteiger partial charge in [-0.3, -0.25) is 4.99 Å². The lowest BCUT2D eigenvalue weighted by Crippen LogP contribution is -2.22. The lowest BCUT2D eigenvalue weighted by atomic mass is 9.81. The van der Waals surface area contributed by atoms with Crippen molar-refractivity contribution < 1.29 is 4.79 Å². The topological polar surface area (TPSA) is 29.4 Å². The Morgan fingerprint density at radius 2 is 2.36 bits per heavy atom. The van der Waals surface area contributed by atoms with E-state index in [-0.39, 0.29) is 0 Å². The van der Waals surface area contributed by atoms with E-state index in [2.05, 4.69) is 4.99 Å². The van der Waals surface area contributed by atoms with E-state index in [1.54, 1.807) is 12.4 Å². The molecule has 0 N–H and O–H groups in total. The van der Waals surface area contributed by atoms with Gasteiger partial charge in [-0.2, -0.15) is 0 Å². The van der Waals surface area contributed by atoms with E-state index in [1.807, 2.05) is 24.3 Å². The van der Waals surface area contributed by atoms with Crippen LogP contribution in [0.15, 0.2) is 41.1 Å². The zero-order valence-corrected chi connectivity index (χ0v) is 5.90. The zero-order chi connectivity index (χ0) is 7.73. The summed E-state index contributed by atoms with van der Waals surface area (Å²) in [5.74, 6) is 0. The second kappa shape index (κ2) is 2.02. The average Bonchev–Trinajstić information content (AvgIpc) is 2.48. The molecule has 1 unspecified atom stereocenters. The van der Waals surface area contributed by atoms with E-state index in [4.69, 9.17) is 0 Å². The molecule has 0 spiro atoms. The van der Waals surface area contributed by atoms with Crippen molar-refractivity contribution in [3.05, 3.63) is 36.1 Å².